The highest BCUT2D eigenvalue weighted by molar-refractivity contribution is 5.78. The van der Waals surface area contributed by atoms with Crippen LogP contribution in [0.4, 0.5) is 0 Å². The lowest BCUT2D eigenvalue weighted by molar-refractivity contribution is -0.120. The Balaban J connectivity index is 2.30. The third kappa shape index (κ3) is 5.36. The fourth-order valence-corrected chi connectivity index (χ4v) is 2.44. The second kappa shape index (κ2) is 7.74. The minimum atomic E-state index is 0.105. The van der Waals surface area contributed by atoms with Crippen molar-refractivity contribution in [2.45, 2.75) is 52.6 Å². The Morgan fingerprint density at radius 3 is 2.28 bits per heavy atom. The van der Waals surface area contributed by atoms with E-state index in [0.29, 0.717) is 24.5 Å². The van der Waals surface area contributed by atoms with E-state index in [1.165, 1.54) is 25.9 Å². The number of nitrogens with one attached hydrogen (secondary N) is 2. The molecule has 0 aromatic carbocycles. The van der Waals surface area contributed by atoms with E-state index in [1.54, 1.807) is 0 Å². The standard InChI is InChI=1S/C14H29N3O/c1-11(2)13(17-7-5-6-8-17)9-16-14(18)10-15-12(3)4/h11-13,15H,5-10H2,1-4H3,(H,16,18). The molecule has 106 valence electrons. The van der Waals surface area contributed by atoms with Gasteiger partial charge in [-0.15, -0.1) is 0 Å². The van der Waals surface area contributed by atoms with Crippen LogP contribution >= 0.6 is 0 Å². The summed E-state index contributed by atoms with van der Waals surface area (Å²) >= 11 is 0. The van der Waals surface area contributed by atoms with Gasteiger partial charge in [0.2, 0.25) is 5.91 Å². The van der Waals surface area contributed by atoms with Gasteiger partial charge >= 0.3 is 0 Å². The summed E-state index contributed by atoms with van der Waals surface area (Å²) in [7, 11) is 0. The number of carbonyl (C=O) groups excluding carboxylic acids is 1. The Labute approximate surface area is 111 Å². The van der Waals surface area contributed by atoms with E-state index in [9.17, 15) is 4.79 Å². The van der Waals surface area contributed by atoms with Gasteiger partial charge in [0.25, 0.3) is 0 Å². The Morgan fingerprint density at radius 2 is 1.78 bits per heavy atom. The van der Waals surface area contributed by atoms with Crippen LogP contribution in [0.2, 0.25) is 0 Å². The van der Waals surface area contributed by atoms with Crippen molar-refractivity contribution in [3.05, 3.63) is 0 Å². The average Bonchev–Trinajstić information content (AvgIpc) is 2.79. The van der Waals surface area contributed by atoms with Crippen molar-refractivity contribution >= 4 is 5.91 Å². The molecule has 1 aliphatic rings. The van der Waals surface area contributed by atoms with Crippen LogP contribution in [0.15, 0.2) is 0 Å². The summed E-state index contributed by atoms with van der Waals surface area (Å²) in [5, 5.41) is 6.20. The number of likely N-dealkylation sites (tertiary alicyclic amines) is 1. The first kappa shape index (κ1) is 15.4. The second-order valence-corrected chi connectivity index (χ2v) is 5.89. The van der Waals surface area contributed by atoms with Crippen LogP contribution in [0.3, 0.4) is 0 Å². The van der Waals surface area contributed by atoms with Crippen LogP contribution in [0.25, 0.3) is 0 Å². The molecule has 4 heteroatoms. The van der Waals surface area contributed by atoms with Gasteiger partial charge < -0.3 is 10.6 Å². The van der Waals surface area contributed by atoms with Crippen LogP contribution in [0.5, 0.6) is 0 Å². The van der Waals surface area contributed by atoms with Crippen LogP contribution in [0, 0.1) is 5.92 Å². The summed E-state index contributed by atoms with van der Waals surface area (Å²) in [5.41, 5.74) is 0. The molecule has 1 aliphatic heterocycles. The van der Waals surface area contributed by atoms with Crippen LogP contribution < -0.4 is 10.6 Å². The molecule has 1 atom stereocenters. The van der Waals surface area contributed by atoms with E-state index in [4.69, 9.17) is 0 Å². The van der Waals surface area contributed by atoms with Crippen molar-refractivity contribution in [2.24, 2.45) is 5.92 Å². The molecule has 1 amide bonds. The summed E-state index contributed by atoms with van der Waals surface area (Å²) in [5.74, 6) is 0.690. The van der Waals surface area contributed by atoms with Gasteiger partial charge in [-0.25, -0.2) is 0 Å². The minimum absolute atomic E-state index is 0.105. The molecule has 0 radical (unpaired) electrons. The SMILES string of the molecule is CC(C)NCC(=O)NCC(C(C)C)N1CCCC1. The van der Waals surface area contributed by atoms with Gasteiger partial charge in [0.05, 0.1) is 6.54 Å². The zero-order valence-electron chi connectivity index (χ0n) is 12.3. The zero-order valence-corrected chi connectivity index (χ0v) is 12.3. The largest absolute Gasteiger partial charge is 0.353 e. The molecule has 1 saturated heterocycles. The summed E-state index contributed by atoms with van der Waals surface area (Å²) in [6.07, 6.45) is 2.60. The smallest absolute Gasteiger partial charge is 0.234 e. The Bertz CT molecular complexity index is 247. The van der Waals surface area contributed by atoms with E-state index in [0.717, 1.165) is 6.54 Å². The average molecular weight is 255 g/mol. The second-order valence-electron chi connectivity index (χ2n) is 5.89. The summed E-state index contributed by atoms with van der Waals surface area (Å²) < 4.78 is 0. The molecule has 2 N–H and O–H groups in total. The van der Waals surface area contributed by atoms with Crippen LogP contribution in [-0.2, 0) is 4.79 Å². The number of nitrogens with zero attached hydrogens (tertiary/aromatic N) is 1. The fraction of sp³-hybridized carbons (Fsp3) is 0.929. The lowest BCUT2D eigenvalue weighted by Crippen LogP contribution is -2.47. The highest BCUT2D eigenvalue weighted by Gasteiger charge is 2.24. The molecule has 1 fully saturated rings. The molecule has 0 spiro atoms. The highest BCUT2D eigenvalue weighted by atomic mass is 16.1. The van der Waals surface area contributed by atoms with Crippen molar-refractivity contribution in [1.29, 1.82) is 0 Å². The summed E-state index contributed by atoms with van der Waals surface area (Å²) in [4.78, 5) is 14.2. The van der Waals surface area contributed by atoms with Gasteiger partial charge in [-0.1, -0.05) is 27.7 Å². The molecular weight excluding hydrogens is 226 g/mol. The lowest BCUT2D eigenvalue weighted by atomic mass is 10.0. The molecule has 1 unspecified atom stereocenters. The molecular formula is C14H29N3O. The topological polar surface area (TPSA) is 44.4 Å². The molecule has 1 heterocycles. The fourth-order valence-electron chi connectivity index (χ4n) is 2.44. The molecule has 0 aromatic heterocycles. The maximum absolute atomic E-state index is 11.7. The zero-order chi connectivity index (χ0) is 13.5. The minimum Gasteiger partial charge on any atom is -0.353 e. The summed E-state index contributed by atoms with van der Waals surface area (Å²) in [6, 6.07) is 0.839. The van der Waals surface area contributed by atoms with Gasteiger partial charge in [-0.3, -0.25) is 9.69 Å². The molecule has 1 rings (SSSR count). The number of hydrogen-bond acceptors (Lipinski definition) is 3. The number of amides is 1. The van der Waals surface area contributed by atoms with E-state index in [1.807, 2.05) is 0 Å². The maximum Gasteiger partial charge on any atom is 0.234 e. The molecule has 0 aromatic rings. The first-order chi connectivity index (χ1) is 8.50. The van der Waals surface area contributed by atoms with Crippen molar-refractivity contribution in [3.8, 4) is 0 Å². The predicted octanol–water partition coefficient (Wildman–Crippen LogP) is 1.22. The lowest BCUT2D eigenvalue weighted by Gasteiger charge is -2.31. The van der Waals surface area contributed by atoms with Crippen LogP contribution in [-0.4, -0.2) is 49.1 Å². The molecule has 4 nitrogen and oxygen atoms in total. The molecule has 0 saturated carbocycles. The quantitative estimate of drug-likeness (QED) is 0.719. The summed E-state index contributed by atoms with van der Waals surface area (Å²) in [6.45, 7) is 12.1. The van der Waals surface area contributed by atoms with Gasteiger partial charge in [0.1, 0.15) is 0 Å². The van der Waals surface area contributed by atoms with Crippen LogP contribution in [0.1, 0.15) is 40.5 Å². The van der Waals surface area contributed by atoms with Crippen molar-refractivity contribution < 1.29 is 4.79 Å². The van der Waals surface area contributed by atoms with Gasteiger partial charge in [-0.05, 0) is 31.8 Å². The van der Waals surface area contributed by atoms with E-state index >= 15 is 0 Å². The highest BCUT2D eigenvalue weighted by Crippen LogP contribution is 2.16. The van der Waals surface area contributed by atoms with E-state index < -0.39 is 0 Å². The molecule has 0 aliphatic carbocycles. The van der Waals surface area contributed by atoms with E-state index in [-0.39, 0.29) is 5.91 Å². The third-order valence-electron chi connectivity index (χ3n) is 3.56. The monoisotopic (exact) mass is 255 g/mol. The van der Waals surface area contributed by atoms with Gasteiger partial charge in [0.15, 0.2) is 0 Å². The number of carbonyl (C=O) groups is 1. The van der Waals surface area contributed by atoms with Gasteiger partial charge in [-0.2, -0.15) is 0 Å². The van der Waals surface area contributed by atoms with Gasteiger partial charge in [0, 0.05) is 18.6 Å². The normalized spacial score (nSPS) is 18.6. The first-order valence-corrected chi connectivity index (χ1v) is 7.25. The van der Waals surface area contributed by atoms with Crippen molar-refractivity contribution in [2.75, 3.05) is 26.2 Å². The van der Waals surface area contributed by atoms with E-state index in [2.05, 4.69) is 43.2 Å². The Kier molecular flexibility index (Phi) is 6.65. The van der Waals surface area contributed by atoms with Crippen molar-refractivity contribution in [3.63, 3.8) is 0 Å². The molecule has 18 heavy (non-hydrogen) atoms. The third-order valence-corrected chi connectivity index (χ3v) is 3.56. The predicted molar refractivity (Wildman–Crippen MR) is 75.6 cm³/mol. The first-order valence-electron chi connectivity index (χ1n) is 7.25. The number of hydrogen-bond donors (Lipinski definition) is 2. The Morgan fingerprint density at radius 1 is 1.17 bits per heavy atom. The maximum atomic E-state index is 11.7. The molecule has 0 bridgehead atoms. The van der Waals surface area contributed by atoms with Crippen molar-refractivity contribution in [1.82, 2.24) is 15.5 Å². The Hall–Kier alpha value is -0.610. The number of rotatable bonds is 7.